The Hall–Kier alpha value is -2.76. The Morgan fingerprint density at radius 1 is 1.29 bits per heavy atom. The van der Waals surface area contributed by atoms with Gasteiger partial charge in [0.1, 0.15) is 11.8 Å². The minimum atomic E-state index is -1.11. The number of aliphatic carboxylic acids is 1. The number of ketones is 1. The van der Waals surface area contributed by atoms with Crippen molar-refractivity contribution in [1.82, 2.24) is 10.3 Å². The van der Waals surface area contributed by atoms with Crippen LogP contribution in [0.25, 0.3) is 10.9 Å². The second-order valence-electron chi connectivity index (χ2n) is 6.10. The van der Waals surface area contributed by atoms with E-state index in [1.165, 1.54) is 6.20 Å². The van der Waals surface area contributed by atoms with E-state index in [1.807, 2.05) is 24.3 Å². The van der Waals surface area contributed by atoms with Crippen LogP contribution >= 0.6 is 0 Å². The van der Waals surface area contributed by atoms with Crippen LogP contribution in [-0.2, 0) is 9.59 Å². The summed E-state index contributed by atoms with van der Waals surface area (Å²) in [4.78, 5) is 39.8. The van der Waals surface area contributed by atoms with Crippen molar-refractivity contribution in [2.24, 2.45) is 5.92 Å². The first-order valence-electron chi connectivity index (χ1n) is 7.95. The number of benzene rings is 1. The van der Waals surface area contributed by atoms with Crippen LogP contribution in [0.1, 0.15) is 36.0 Å². The number of amides is 1. The van der Waals surface area contributed by atoms with Crippen molar-refractivity contribution in [2.75, 3.05) is 0 Å². The highest BCUT2D eigenvalue weighted by molar-refractivity contribution is 5.99. The van der Waals surface area contributed by atoms with E-state index in [2.05, 4.69) is 10.3 Å². The SMILES string of the molecule is O=C1CCC[C@@H]([C@H](NC(=O)c2cnc3ccccc3c2)C(=O)O)C1. The van der Waals surface area contributed by atoms with Crippen LogP contribution in [0.2, 0.25) is 0 Å². The van der Waals surface area contributed by atoms with Gasteiger partial charge in [0.25, 0.3) is 5.91 Å². The number of Topliss-reactive ketones (excluding diaryl/α,β-unsaturated/α-hetero) is 1. The molecular formula is C18H18N2O4. The molecule has 2 aromatic rings. The van der Waals surface area contributed by atoms with Crippen molar-refractivity contribution in [1.29, 1.82) is 0 Å². The maximum Gasteiger partial charge on any atom is 0.326 e. The number of rotatable bonds is 4. The summed E-state index contributed by atoms with van der Waals surface area (Å²) in [6.45, 7) is 0. The normalized spacial score (nSPS) is 19.0. The number of hydrogen-bond donors (Lipinski definition) is 2. The number of aromatic nitrogens is 1. The van der Waals surface area contributed by atoms with Gasteiger partial charge < -0.3 is 10.4 Å². The van der Waals surface area contributed by atoms with Gasteiger partial charge in [-0.25, -0.2) is 4.79 Å². The molecule has 0 saturated heterocycles. The van der Waals surface area contributed by atoms with Crippen LogP contribution in [0.15, 0.2) is 36.5 Å². The molecule has 24 heavy (non-hydrogen) atoms. The largest absolute Gasteiger partial charge is 0.480 e. The Labute approximate surface area is 138 Å². The van der Waals surface area contributed by atoms with Gasteiger partial charge in [-0.3, -0.25) is 14.6 Å². The minimum Gasteiger partial charge on any atom is -0.480 e. The first-order chi connectivity index (χ1) is 11.5. The first kappa shape index (κ1) is 16.1. The number of nitrogens with zero attached hydrogens (tertiary/aromatic N) is 1. The van der Waals surface area contributed by atoms with Crippen LogP contribution in [0.4, 0.5) is 0 Å². The summed E-state index contributed by atoms with van der Waals surface area (Å²) in [7, 11) is 0. The topological polar surface area (TPSA) is 96.4 Å². The monoisotopic (exact) mass is 326 g/mol. The van der Waals surface area contributed by atoms with Gasteiger partial charge in [0.15, 0.2) is 0 Å². The molecule has 2 atom stereocenters. The average Bonchev–Trinajstić information content (AvgIpc) is 2.58. The van der Waals surface area contributed by atoms with Crippen LogP contribution in [0, 0.1) is 5.92 Å². The number of pyridine rings is 1. The predicted octanol–water partition coefficient (Wildman–Crippen LogP) is 2.18. The lowest BCUT2D eigenvalue weighted by Crippen LogP contribution is -2.47. The van der Waals surface area contributed by atoms with Gasteiger partial charge in [-0.15, -0.1) is 0 Å². The lowest BCUT2D eigenvalue weighted by atomic mass is 9.83. The molecule has 1 heterocycles. The fourth-order valence-electron chi connectivity index (χ4n) is 3.14. The smallest absolute Gasteiger partial charge is 0.326 e. The first-order valence-corrected chi connectivity index (χ1v) is 7.95. The molecule has 1 fully saturated rings. The molecule has 0 aliphatic heterocycles. The second-order valence-corrected chi connectivity index (χ2v) is 6.10. The molecule has 6 heteroatoms. The van der Waals surface area contributed by atoms with Crippen molar-refractivity contribution < 1.29 is 19.5 Å². The summed E-state index contributed by atoms with van der Waals surface area (Å²) >= 11 is 0. The third-order valence-electron chi connectivity index (χ3n) is 4.40. The minimum absolute atomic E-state index is 0.0547. The third-order valence-corrected chi connectivity index (χ3v) is 4.40. The van der Waals surface area contributed by atoms with Crippen molar-refractivity contribution in [3.63, 3.8) is 0 Å². The molecule has 1 aromatic heterocycles. The van der Waals surface area contributed by atoms with Gasteiger partial charge in [0, 0.05) is 24.4 Å². The molecule has 0 radical (unpaired) electrons. The van der Waals surface area contributed by atoms with Crippen molar-refractivity contribution in [3.8, 4) is 0 Å². The Kier molecular flexibility index (Phi) is 4.55. The van der Waals surface area contributed by atoms with Gasteiger partial charge in [-0.2, -0.15) is 0 Å². The summed E-state index contributed by atoms with van der Waals surface area (Å²) in [6, 6.07) is 8.00. The Morgan fingerprint density at radius 3 is 2.83 bits per heavy atom. The van der Waals surface area contributed by atoms with Gasteiger partial charge in [-0.05, 0) is 30.9 Å². The van der Waals surface area contributed by atoms with Crippen molar-refractivity contribution in [3.05, 3.63) is 42.1 Å². The van der Waals surface area contributed by atoms with Crippen molar-refractivity contribution >= 4 is 28.6 Å². The van der Waals surface area contributed by atoms with E-state index in [4.69, 9.17) is 0 Å². The fourth-order valence-corrected chi connectivity index (χ4v) is 3.14. The van der Waals surface area contributed by atoms with E-state index in [-0.39, 0.29) is 18.1 Å². The molecule has 0 spiro atoms. The summed E-state index contributed by atoms with van der Waals surface area (Å²) in [5.41, 5.74) is 1.07. The summed E-state index contributed by atoms with van der Waals surface area (Å²) < 4.78 is 0. The molecule has 2 N–H and O–H groups in total. The molecule has 1 aromatic carbocycles. The zero-order chi connectivity index (χ0) is 17.1. The number of carbonyl (C=O) groups is 3. The number of para-hydroxylation sites is 1. The predicted molar refractivity (Wildman–Crippen MR) is 87.6 cm³/mol. The molecule has 1 amide bonds. The van der Waals surface area contributed by atoms with Crippen LogP contribution in [0.3, 0.4) is 0 Å². The van der Waals surface area contributed by atoms with E-state index in [9.17, 15) is 19.5 Å². The van der Waals surface area contributed by atoms with Gasteiger partial charge >= 0.3 is 5.97 Å². The summed E-state index contributed by atoms with van der Waals surface area (Å²) in [5, 5.41) is 12.8. The molecule has 0 bridgehead atoms. The highest BCUT2D eigenvalue weighted by Crippen LogP contribution is 2.25. The van der Waals surface area contributed by atoms with Gasteiger partial charge in [-0.1, -0.05) is 18.2 Å². The van der Waals surface area contributed by atoms with Crippen LogP contribution in [-0.4, -0.2) is 33.8 Å². The highest BCUT2D eigenvalue weighted by atomic mass is 16.4. The number of nitrogens with one attached hydrogen (secondary N) is 1. The Morgan fingerprint density at radius 2 is 2.08 bits per heavy atom. The summed E-state index contributed by atoms with van der Waals surface area (Å²) in [5.74, 6) is -1.91. The van der Waals surface area contributed by atoms with Crippen LogP contribution in [0.5, 0.6) is 0 Å². The van der Waals surface area contributed by atoms with E-state index >= 15 is 0 Å². The standard InChI is InChI=1S/C18H18N2O4/c21-14-6-3-5-12(9-14)16(18(23)24)20-17(22)13-8-11-4-1-2-7-15(11)19-10-13/h1-2,4,7-8,10,12,16H,3,5-6,9H2,(H,20,22)(H,23,24)/t12-,16+/m1/s1. The average molecular weight is 326 g/mol. The zero-order valence-electron chi connectivity index (χ0n) is 13.1. The van der Waals surface area contributed by atoms with Gasteiger partial charge in [0.05, 0.1) is 11.1 Å². The lowest BCUT2D eigenvalue weighted by molar-refractivity contribution is -0.141. The fraction of sp³-hybridized carbons (Fsp3) is 0.333. The molecule has 1 aliphatic rings. The lowest BCUT2D eigenvalue weighted by Gasteiger charge is -2.27. The molecule has 1 saturated carbocycles. The second kappa shape index (κ2) is 6.78. The Balaban J connectivity index is 1.79. The van der Waals surface area contributed by atoms with Crippen molar-refractivity contribution in [2.45, 2.75) is 31.7 Å². The zero-order valence-corrected chi connectivity index (χ0v) is 13.1. The maximum atomic E-state index is 12.4. The number of carboxylic acids is 1. The number of carbonyl (C=O) groups excluding carboxylic acids is 2. The van der Waals surface area contributed by atoms with E-state index < -0.39 is 17.9 Å². The van der Waals surface area contributed by atoms with E-state index in [0.717, 1.165) is 10.9 Å². The quantitative estimate of drug-likeness (QED) is 0.897. The molecule has 0 unspecified atom stereocenters. The molecule has 124 valence electrons. The number of hydrogen-bond acceptors (Lipinski definition) is 4. The Bertz CT molecular complexity index is 802. The molecular weight excluding hydrogens is 308 g/mol. The van der Waals surface area contributed by atoms with E-state index in [1.54, 1.807) is 6.07 Å². The number of fused-ring (bicyclic) bond motifs is 1. The highest BCUT2D eigenvalue weighted by Gasteiger charge is 2.33. The molecule has 3 rings (SSSR count). The van der Waals surface area contributed by atoms with E-state index in [0.29, 0.717) is 24.8 Å². The summed E-state index contributed by atoms with van der Waals surface area (Å²) in [6.07, 6.45) is 3.42. The molecule has 6 nitrogen and oxygen atoms in total. The molecule has 1 aliphatic carbocycles. The third kappa shape index (κ3) is 3.42. The van der Waals surface area contributed by atoms with Crippen LogP contribution < -0.4 is 5.32 Å². The number of carboxylic acid groups (broad SMARTS) is 1. The maximum absolute atomic E-state index is 12.4. The van der Waals surface area contributed by atoms with Gasteiger partial charge in [0.2, 0.25) is 0 Å².